The van der Waals surface area contributed by atoms with Crippen molar-refractivity contribution in [2.24, 2.45) is 5.84 Å². The van der Waals surface area contributed by atoms with Crippen LogP contribution in [0.2, 0.25) is 0 Å². The van der Waals surface area contributed by atoms with Gasteiger partial charge in [-0.25, -0.2) is 10.4 Å². The summed E-state index contributed by atoms with van der Waals surface area (Å²) in [4.78, 5) is 4.32. The molecule has 0 aromatic carbocycles. The second-order valence-corrected chi connectivity index (χ2v) is 3.40. The second-order valence-electron chi connectivity index (χ2n) is 3.40. The summed E-state index contributed by atoms with van der Waals surface area (Å²) in [6, 6.07) is -0.0602. The van der Waals surface area contributed by atoms with Crippen molar-refractivity contribution in [1.82, 2.24) is 15.0 Å². The van der Waals surface area contributed by atoms with Crippen LogP contribution in [0.5, 0.6) is 0 Å². The minimum atomic E-state index is -0.0602. The molecule has 3 N–H and O–H groups in total. The van der Waals surface area contributed by atoms with Crippen molar-refractivity contribution >= 4 is 0 Å². The minimum absolute atomic E-state index is 0.0442. The molecular formula is C10H20N4O. The maximum absolute atomic E-state index is 5.56. The lowest BCUT2D eigenvalue weighted by Gasteiger charge is -2.24. The third-order valence-electron chi connectivity index (χ3n) is 2.62. The molecule has 0 amide bonds. The SMILES string of the molecule is CCC(OC)C(NN)c1nccn1CC. The van der Waals surface area contributed by atoms with Crippen LogP contribution in [0.15, 0.2) is 12.4 Å². The average molecular weight is 212 g/mol. The quantitative estimate of drug-likeness (QED) is 0.541. The number of aromatic nitrogens is 2. The Kier molecular flexibility index (Phi) is 4.74. The number of hydrogen-bond donors (Lipinski definition) is 2. The number of imidazole rings is 1. The summed E-state index contributed by atoms with van der Waals surface area (Å²) in [6.07, 6.45) is 4.66. The van der Waals surface area contributed by atoms with Gasteiger partial charge < -0.3 is 9.30 Å². The molecule has 0 aliphatic rings. The molecule has 0 bridgehead atoms. The highest BCUT2D eigenvalue weighted by atomic mass is 16.5. The van der Waals surface area contributed by atoms with Crippen LogP contribution in [0.3, 0.4) is 0 Å². The molecule has 0 spiro atoms. The Bertz CT molecular complexity index is 283. The minimum Gasteiger partial charge on any atom is -0.379 e. The van der Waals surface area contributed by atoms with Gasteiger partial charge in [0.15, 0.2) is 0 Å². The average Bonchev–Trinajstić information content (AvgIpc) is 2.73. The van der Waals surface area contributed by atoms with E-state index in [1.165, 1.54) is 0 Å². The summed E-state index contributed by atoms with van der Waals surface area (Å²) in [5.41, 5.74) is 2.77. The van der Waals surface area contributed by atoms with Crippen LogP contribution in [-0.4, -0.2) is 22.8 Å². The molecule has 0 saturated heterocycles. The van der Waals surface area contributed by atoms with Gasteiger partial charge in [-0.05, 0) is 13.3 Å². The topological polar surface area (TPSA) is 65.1 Å². The Labute approximate surface area is 90.6 Å². The Balaban J connectivity index is 2.90. The van der Waals surface area contributed by atoms with E-state index in [4.69, 9.17) is 10.6 Å². The van der Waals surface area contributed by atoms with Crippen molar-refractivity contribution in [2.45, 2.75) is 39.0 Å². The molecule has 2 unspecified atom stereocenters. The van der Waals surface area contributed by atoms with Crippen molar-refractivity contribution in [3.8, 4) is 0 Å². The van der Waals surface area contributed by atoms with Gasteiger partial charge in [-0.15, -0.1) is 0 Å². The predicted octanol–water partition coefficient (Wildman–Crippen LogP) is 0.832. The summed E-state index contributed by atoms with van der Waals surface area (Å²) in [5.74, 6) is 6.48. The first-order valence-electron chi connectivity index (χ1n) is 5.28. The molecule has 15 heavy (non-hydrogen) atoms. The van der Waals surface area contributed by atoms with E-state index in [2.05, 4.69) is 28.8 Å². The predicted molar refractivity (Wildman–Crippen MR) is 59.1 cm³/mol. The normalized spacial score (nSPS) is 15.2. The van der Waals surface area contributed by atoms with Crippen LogP contribution in [-0.2, 0) is 11.3 Å². The van der Waals surface area contributed by atoms with E-state index in [1.54, 1.807) is 13.3 Å². The summed E-state index contributed by atoms with van der Waals surface area (Å²) in [6.45, 7) is 5.03. The third kappa shape index (κ3) is 2.56. The van der Waals surface area contributed by atoms with E-state index in [0.29, 0.717) is 0 Å². The molecule has 0 aliphatic heterocycles. The lowest BCUT2D eigenvalue weighted by Crippen LogP contribution is -2.39. The maximum Gasteiger partial charge on any atom is 0.129 e. The van der Waals surface area contributed by atoms with E-state index in [9.17, 15) is 0 Å². The molecule has 0 radical (unpaired) electrons. The highest BCUT2D eigenvalue weighted by molar-refractivity contribution is 5.01. The zero-order chi connectivity index (χ0) is 11.3. The fraction of sp³-hybridized carbons (Fsp3) is 0.700. The zero-order valence-corrected chi connectivity index (χ0v) is 9.60. The van der Waals surface area contributed by atoms with Gasteiger partial charge in [0.2, 0.25) is 0 Å². The third-order valence-corrected chi connectivity index (χ3v) is 2.62. The van der Waals surface area contributed by atoms with E-state index in [0.717, 1.165) is 18.8 Å². The number of hydrogen-bond acceptors (Lipinski definition) is 4. The highest BCUT2D eigenvalue weighted by Crippen LogP contribution is 2.18. The van der Waals surface area contributed by atoms with Gasteiger partial charge in [0.25, 0.3) is 0 Å². The van der Waals surface area contributed by atoms with Gasteiger partial charge in [-0.3, -0.25) is 5.84 Å². The molecule has 2 atom stereocenters. The van der Waals surface area contributed by atoms with Gasteiger partial charge >= 0.3 is 0 Å². The van der Waals surface area contributed by atoms with E-state index >= 15 is 0 Å². The molecule has 1 aromatic heterocycles. The fourth-order valence-corrected chi connectivity index (χ4v) is 1.75. The fourth-order valence-electron chi connectivity index (χ4n) is 1.75. The molecular weight excluding hydrogens is 192 g/mol. The number of hydrazine groups is 1. The standard InChI is InChI=1S/C10H20N4O/c1-4-8(15-3)9(13-11)10-12-6-7-14(10)5-2/h6-9,13H,4-5,11H2,1-3H3. The Morgan fingerprint density at radius 3 is 2.80 bits per heavy atom. The first-order chi connectivity index (χ1) is 7.28. The van der Waals surface area contributed by atoms with Crippen molar-refractivity contribution < 1.29 is 4.74 Å². The van der Waals surface area contributed by atoms with Gasteiger partial charge in [0.1, 0.15) is 11.9 Å². The summed E-state index contributed by atoms with van der Waals surface area (Å²) < 4.78 is 7.44. The highest BCUT2D eigenvalue weighted by Gasteiger charge is 2.23. The van der Waals surface area contributed by atoms with Crippen molar-refractivity contribution in [2.75, 3.05) is 7.11 Å². The Morgan fingerprint density at radius 2 is 2.33 bits per heavy atom. The van der Waals surface area contributed by atoms with Gasteiger partial charge in [0, 0.05) is 26.0 Å². The van der Waals surface area contributed by atoms with Gasteiger partial charge in [-0.1, -0.05) is 6.92 Å². The summed E-state index contributed by atoms with van der Waals surface area (Å²) >= 11 is 0. The largest absolute Gasteiger partial charge is 0.379 e. The number of aryl methyl sites for hydroxylation is 1. The number of rotatable bonds is 6. The number of nitrogens with one attached hydrogen (secondary N) is 1. The van der Waals surface area contributed by atoms with E-state index < -0.39 is 0 Å². The molecule has 0 aliphatic carbocycles. The van der Waals surface area contributed by atoms with E-state index in [-0.39, 0.29) is 12.1 Å². The number of ether oxygens (including phenoxy) is 1. The molecule has 5 nitrogen and oxygen atoms in total. The van der Waals surface area contributed by atoms with Gasteiger partial charge in [-0.2, -0.15) is 0 Å². The molecule has 0 saturated carbocycles. The maximum atomic E-state index is 5.56. The first-order valence-corrected chi connectivity index (χ1v) is 5.28. The molecule has 86 valence electrons. The van der Waals surface area contributed by atoms with Crippen molar-refractivity contribution in [1.29, 1.82) is 0 Å². The monoisotopic (exact) mass is 212 g/mol. The van der Waals surface area contributed by atoms with Crippen LogP contribution >= 0.6 is 0 Å². The van der Waals surface area contributed by atoms with Crippen LogP contribution in [0.1, 0.15) is 32.1 Å². The Morgan fingerprint density at radius 1 is 1.60 bits per heavy atom. The lowest BCUT2D eigenvalue weighted by molar-refractivity contribution is 0.0612. The molecule has 1 heterocycles. The van der Waals surface area contributed by atoms with E-state index in [1.807, 2.05) is 6.20 Å². The second kappa shape index (κ2) is 5.85. The van der Waals surface area contributed by atoms with Crippen molar-refractivity contribution in [3.63, 3.8) is 0 Å². The molecule has 0 fully saturated rings. The molecule has 1 rings (SSSR count). The van der Waals surface area contributed by atoms with Crippen LogP contribution in [0, 0.1) is 0 Å². The van der Waals surface area contributed by atoms with Crippen molar-refractivity contribution in [3.05, 3.63) is 18.2 Å². The number of methoxy groups -OCH3 is 1. The lowest BCUT2D eigenvalue weighted by atomic mass is 10.1. The number of nitrogens with two attached hydrogens (primary N) is 1. The van der Waals surface area contributed by atoms with Crippen LogP contribution in [0.4, 0.5) is 0 Å². The van der Waals surface area contributed by atoms with Gasteiger partial charge in [0.05, 0.1) is 6.10 Å². The molecule has 1 aromatic rings. The number of nitrogens with zero attached hydrogens (tertiary/aromatic N) is 2. The summed E-state index contributed by atoms with van der Waals surface area (Å²) in [5, 5.41) is 0. The molecule has 5 heteroatoms. The summed E-state index contributed by atoms with van der Waals surface area (Å²) in [7, 11) is 1.69. The Hall–Kier alpha value is -0.910. The first kappa shape index (κ1) is 12.2. The van der Waals surface area contributed by atoms with Crippen LogP contribution < -0.4 is 11.3 Å². The zero-order valence-electron chi connectivity index (χ0n) is 9.60. The van der Waals surface area contributed by atoms with Crippen LogP contribution in [0.25, 0.3) is 0 Å². The smallest absolute Gasteiger partial charge is 0.129 e.